The minimum absolute atomic E-state index is 0.0984. The Labute approximate surface area is 91.2 Å². The molecule has 3 N–H and O–H groups in total. The first-order chi connectivity index (χ1) is 7.22. The Morgan fingerprint density at radius 3 is 2.73 bits per heavy atom. The lowest BCUT2D eigenvalue weighted by Gasteiger charge is -2.46. The molecule has 1 aliphatic heterocycles. The van der Waals surface area contributed by atoms with Crippen LogP contribution in [0.1, 0.15) is 32.1 Å². The molecule has 1 saturated heterocycles. The Bertz CT molecular complexity index is 238. The van der Waals surface area contributed by atoms with E-state index in [2.05, 4.69) is 10.2 Å². The number of nitrogens with one attached hydrogen (secondary N) is 1. The standard InChI is InChI=1S/C11H21N3O/c1-13-11(15)10-4-2-3-5-14(10)9-6-8(12)7-9/h8-10H,2-7,12H2,1H3,(H,13,15). The normalized spacial score (nSPS) is 37.1. The van der Waals surface area contributed by atoms with Crippen LogP contribution in [0.3, 0.4) is 0 Å². The summed E-state index contributed by atoms with van der Waals surface area (Å²) < 4.78 is 0. The van der Waals surface area contributed by atoms with E-state index in [1.807, 2.05) is 0 Å². The molecule has 2 fully saturated rings. The highest BCUT2D eigenvalue weighted by atomic mass is 16.2. The molecule has 1 saturated carbocycles. The number of amides is 1. The first-order valence-electron chi connectivity index (χ1n) is 5.95. The van der Waals surface area contributed by atoms with Crippen LogP contribution in [-0.4, -0.2) is 42.5 Å². The molecular formula is C11H21N3O. The molecule has 4 heteroatoms. The van der Waals surface area contributed by atoms with Crippen LogP contribution in [0.4, 0.5) is 0 Å². The maximum Gasteiger partial charge on any atom is 0.237 e. The van der Waals surface area contributed by atoms with Gasteiger partial charge < -0.3 is 11.1 Å². The molecule has 2 rings (SSSR count). The van der Waals surface area contributed by atoms with Crippen LogP contribution in [-0.2, 0) is 4.79 Å². The summed E-state index contributed by atoms with van der Waals surface area (Å²) in [6.45, 7) is 1.06. The predicted molar refractivity (Wildman–Crippen MR) is 59.4 cm³/mol. The van der Waals surface area contributed by atoms with Gasteiger partial charge in [0, 0.05) is 19.1 Å². The molecule has 0 aromatic rings. The number of hydrogen-bond acceptors (Lipinski definition) is 3. The number of carbonyl (C=O) groups is 1. The Balaban J connectivity index is 1.96. The molecule has 0 aromatic carbocycles. The van der Waals surface area contributed by atoms with Gasteiger partial charge in [0.25, 0.3) is 0 Å². The van der Waals surface area contributed by atoms with Crippen LogP contribution in [0.15, 0.2) is 0 Å². The van der Waals surface area contributed by atoms with E-state index >= 15 is 0 Å². The van der Waals surface area contributed by atoms with E-state index in [4.69, 9.17) is 5.73 Å². The lowest BCUT2D eigenvalue weighted by Crippen LogP contribution is -2.59. The summed E-state index contributed by atoms with van der Waals surface area (Å²) in [6, 6.07) is 1.02. The summed E-state index contributed by atoms with van der Waals surface area (Å²) in [7, 11) is 1.72. The second-order valence-electron chi connectivity index (χ2n) is 4.75. The van der Waals surface area contributed by atoms with Gasteiger partial charge in [-0.15, -0.1) is 0 Å². The number of likely N-dealkylation sites (tertiary alicyclic amines) is 1. The van der Waals surface area contributed by atoms with Crippen molar-refractivity contribution in [3.63, 3.8) is 0 Å². The Kier molecular flexibility index (Phi) is 3.26. The molecular weight excluding hydrogens is 190 g/mol. The molecule has 1 atom stereocenters. The molecule has 2 aliphatic rings. The molecule has 86 valence electrons. The highest BCUT2D eigenvalue weighted by Crippen LogP contribution is 2.30. The van der Waals surface area contributed by atoms with Crippen LogP contribution >= 0.6 is 0 Å². The summed E-state index contributed by atoms with van der Waals surface area (Å²) in [5.74, 6) is 0.176. The molecule has 4 nitrogen and oxygen atoms in total. The van der Waals surface area contributed by atoms with Gasteiger partial charge in [-0.25, -0.2) is 0 Å². The lowest BCUT2D eigenvalue weighted by atomic mass is 9.83. The van der Waals surface area contributed by atoms with Crippen molar-refractivity contribution in [2.24, 2.45) is 5.73 Å². The fourth-order valence-corrected chi connectivity index (χ4v) is 2.74. The number of hydrogen-bond donors (Lipinski definition) is 2. The number of nitrogens with two attached hydrogens (primary N) is 1. The number of likely N-dealkylation sites (N-methyl/N-ethyl adjacent to an activating group) is 1. The second kappa shape index (κ2) is 4.49. The van der Waals surface area contributed by atoms with E-state index in [0.29, 0.717) is 12.1 Å². The average molecular weight is 211 g/mol. The molecule has 15 heavy (non-hydrogen) atoms. The van der Waals surface area contributed by atoms with Crippen LogP contribution < -0.4 is 11.1 Å². The van der Waals surface area contributed by atoms with E-state index in [0.717, 1.165) is 25.8 Å². The zero-order valence-electron chi connectivity index (χ0n) is 9.41. The first-order valence-corrected chi connectivity index (χ1v) is 5.95. The Morgan fingerprint density at radius 1 is 1.40 bits per heavy atom. The smallest absolute Gasteiger partial charge is 0.237 e. The second-order valence-corrected chi connectivity index (χ2v) is 4.75. The van der Waals surface area contributed by atoms with Crippen molar-refractivity contribution >= 4 is 5.91 Å². The number of rotatable bonds is 2. The molecule has 0 radical (unpaired) electrons. The highest BCUT2D eigenvalue weighted by molar-refractivity contribution is 5.81. The first kappa shape index (κ1) is 10.9. The van der Waals surface area contributed by atoms with E-state index in [1.54, 1.807) is 7.05 Å². The summed E-state index contributed by atoms with van der Waals surface area (Å²) in [6.07, 6.45) is 5.53. The monoisotopic (exact) mass is 211 g/mol. The Hall–Kier alpha value is -0.610. The summed E-state index contributed by atoms with van der Waals surface area (Å²) in [4.78, 5) is 14.1. The van der Waals surface area contributed by atoms with Crippen LogP contribution in [0.5, 0.6) is 0 Å². The third kappa shape index (κ3) is 2.16. The third-order valence-electron chi connectivity index (χ3n) is 3.71. The van der Waals surface area contributed by atoms with Crippen LogP contribution in [0, 0.1) is 0 Å². The fraction of sp³-hybridized carbons (Fsp3) is 0.909. The largest absolute Gasteiger partial charge is 0.358 e. The highest BCUT2D eigenvalue weighted by Gasteiger charge is 2.38. The van der Waals surface area contributed by atoms with Crippen LogP contribution in [0.2, 0.25) is 0 Å². The Morgan fingerprint density at radius 2 is 2.13 bits per heavy atom. The summed E-state index contributed by atoms with van der Waals surface area (Å²) in [5.41, 5.74) is 5.80. The number of nitrogens with zero attached hydrogens (tertiary/aromatic N) is 1. The van der Waals surface area contributed by atoms with Crippen molar-refractivity contribution in [1.29, 1.82) is 0 Å². The molecule has 1 unspecified atom stereocenters. The van der Waals surface area contributed by atoms with Crippen molar-refractivity contribution in [1.82, 2.24) is 10.2 Å². The molecule has 1 aliphatic carbocycles. The maximum absolute atomic E-state index is 11.7. The van der Waals surface area contributed by atoms with Gasteiger partial charge in [0.1, 0.15) is 0 Å². The minimum Gasteiger partial charge on any atom is -0.358 e. The third-order valence-corrected chi connectivity index (χ3v) is 3.71. The molecule has 1 amide bonds. The molecule has 1 heterocycles. The zero-order chi connectivity index (χ0) is 10.8. The average Bonchev–Trinajstić information content (AvgIpc) is 2.24. The molecule has 0 aromatic heterocycles. The lowest BCUT2D eigenvalue weighted by molar-refractivity contribution is -0.129. The van der Waals surface area contributed by atoms with Crippen molar-refractivity contribution in [3.8, 4) is 0 Å². The fourth-order valence-electron chi connectivity index (χ4n) is 2.74. The topological polar surface area (TPSA) is 58.4 Å². The maximum atomic E-state index is 11.7. The number of piperidine rings is 1. The van der Waals surface area contributed by atoms with Crippen molar-refractivity contribution in [2.45, 2.75) is 50.2 Å². The van der Waals surface area contributed by atoms with Gasteiger partial charge >= 0.3 is 0 Å². The van der Waals surface area contributed by atoms with E-state index in [-0.39, 0.29) is 11.9 Å². The van der Waals surface area contributed by atoms with Gasteiger partial charge in [-0.2, -0.15) is 0 Å². The summed E-state index contributed by atoms with van der Waals surface area (Å²) >= 11 is 0. The quantitative estimate of drug-likeness (QED) is 0.680. The van der Waals surface area contributed by atoms with Crippen molar-refractivity contribution in [2.75, 3.05) is 13.6 Å². The van der Waals surface area contributed by atoms with E-state index < -0.39 is 0 Å². The van der Waals surface area contributed by atoms with Gasteiger partial charge in [0.05, 0.1) is 6.04 Å². The number of carbonyl (C=O) groups excluding carboxylic acids is 1. The van der Waals surface area contributed by atoms with Crippen LogP contribution in [0.25, 0.3) is 0 Å². The van der Waals surface area contributed by atoms with E-state index in [9.17, 15) is 4.79 Å². The zero-order valence-corrected chi connectivity index (χ0v) is 9.41. The van der Waals surface area contributed by atoms with Gasteiger partial charge in [-0.1, -0.05) is 6.42 Å². The SMILES string of the molecule is CNC(=O)C1CCCCN1C1CC(N)C1. The summed E-state index contributed by atoms with van der Waals surface area (Å²) in [5, 5.41) is 2.77. The van der Waals surface area contributed by atoms with Crippen molar-refractivity contribution < 1.29 is 4.79 Å². The van der Waals surface area contributed by atoms with Crippen molar-refractivity contribution in [3.05, 3.63) is 0 Å². The van der Waals surface area contributed by atoms with Gasteiger partial charge in [-0.3, -0.25) is 9.69 Å². The van der Waals surface area contributed by atoms with E-state index in [1.165, 1.54) is 12.8 Å². The molecule has 0 spiro atoms. The van der Waals surface area contributed by atoms with Gasteiger partial charge in [-0.05, 0) is 32.2 Å². The predicted octanol–water partition coefficient (Wildman–Crippen LogP) is 0.0766. The minimum atomic E-state index is 0.0984. The molecule has 0 bridgehead atoms. The van der Waals surface area contributed by atoms with Gasteiger partial charge in [0.2, 0.25) is 5.91 Å². The van der Waals surface area contributed by atoms with Gasteiger partial charge in [0.15, 0.2) is 0 Å².